The third kappa shape index (κ3) is 2.55. The van der Waals surface area contributed by atoms with Gasteiger partial charge in [-0.05, 0) is 26.0 Å². The summed E-state index contributed by atoms with van der Waals surface area (Å²) in [5.41, 5.74) is 1.14. The number of benzene rings is 1. The van der Waals surface area contributed by atoms with Crippen molar-refractivity contribution in [3.63, 3.8) is 0 Å². The molecule has 0 N–H and O–H groups in total. The van der Waals surface area contributed by atoms with Crippen LogP contribution in [0.15, 0.2) is 33.8 Å². The number of para-hydroxylation sites is 1. The summed E-state index contributed by atoms with van der Waals surface area (Å²) in [7, 11) is 1.86. The van der Waals surface area contributed by atoms with Gasteiger partial charge in [0.05, 0.1) is 11.3 Å². The highest BCUT2D eigenvalue weighted by Crippen LogP contribution is 2.26. The van der Waals surface area contributed by atoms with Gasteiger partial charge < -0.3 is 13.8 Å². The van der Waals surface area contributed by atoms with Crippen molar-refractivity contribution in [1.29, 1.82) is 0 Å². The van der Waals surface area contributed by atoms with Gasteiger partial charge in [0.25, 0.3) is 0 Å². The highest BCUT2D eigenvalue weighted by atomic mass is 32.1. The van der Waals surface area contributed by atoms with E-state index in [-0.39, 0.29) is 5.69 Å². The van der Waals surface area contributed by atoms with Gasteiger partial charge in [-0.3, -0.25) is 4.79 Å². The topological polar surface area (TPSA) is 69.6 Å². The Labute approximate surface area is 130 Å². The predicted octanol–water partition coefficient (Wildman–Crippen LogP) is 2.68. The SMILES string of the molecule is CCOc1cccc2sc(=NC(=O)c3cc(C)on3)n(C)c12. The van der Waals surface area contributed by atoms with Crippen molar-refractivity contribution >= 4 is 27.5 Å². The Balaban J connectivity index is 2.11. The number of fused-ring (bicyclic) bond motifs is 1. The molecule has 0 saturated carbocycles. The number of nitrogens with zero attached hydrogens (tertiary/aromatic N) is 3. The van der Waals surface area contributed by atoms with E-state index in [4.69, 9.17) is 9.26 Å². The molecule has 1 aromatic carbocycles. The van der Waals surface area contributed by atoms with Gasteiger partial charge in [0.2, 0.25) is 0 Å². The van der Waals surface area contributed by atoms with Crippen molar-refractivity contribution in [3.8, 4) is 5.75 Å². The normalized spacial score (nSPS) is 12.0. The van der Waals surface area contributed by atoms with Gasteiger partial charge in [0.15, 0.2) is 10.5 Å². The largest absolute Gasteiger partial charge is 0.492 e. The first-order valence-corrected chi connectivity index (χ1v) is 7.65. The van der Waals surface area contributed by atoms with E-state index in [2.05, 4.69) is 10.1 Å². The number of amides is 1. The van der Waals surface area contributed by atoms with Crippen molar-refractivity contribution in [1.82, 2.24) is 9.72 Å². The van der Waals surface area contributed by atoms with E-state index in [0.29, 0.717) is 17.2 Å². The molecule has 7 heteroatoms. The Hall–Kier alpha value is -2.41. The van der Waals surface area contributed by atoms with E-state index >= 15 is 0 Å². The quantitative estimate of drug-likeness (QED) is 0.744. The Morgan fingerprint density at radius 2 is 2.32 bits per heavy atom. The first kappa shape index (κ1) is 14.5. The minimum atomic E-state index is -0.419. The van der Waals surface area contributed by atoms with E-state index in [0.717, 1.165) is 16.0 Å². The van der Waals surface area contributed by atoms with E-state index in [1.54, 1.807) is 13.0 Å². The molecule has 2 aromatic heterocycles. The monoisotopic (exact) mass is 317 g/mol. The lowest BCUT2D eigenvalue weighted by Gasteiger charge is -2.05. The van der Waals surface area contributed by atoms with Gasteiger partial charge in [0, 0.05) is 13.1 Å². The minimum absolute atomic E-state index is 0.208. The van der Waals surface area contributed by atoms with E-state index in [9.17, 15) is 4.79 Å². The fourth-order valence-corrected chi connectivity index (χ4v) is 3.19. The number of ether oxygens (including phenoxy) is 1. The van der Waals surface area contributed by atoms with Crippen LogP contribution in [0.2, 0.25) is 0 Å². The maximum atomic E-state index is 12.1. The van der Waals surface area contributed by atoms with Crippen LogP contribution in [0.5, 0.6) is 5.75 Å². The second kappa shape index (κ2) is 5.76. The smallest absolute Gasteiger partial charge is 0.301 e. The van der Waals surface area contributed by atoms with Crippen LogP contribution in [-0.2, 0) is 7.05 Å². The summed E-state index contributed by atoms with van der Waals surface area (Å²) >= 11 is 1.43. The highest BCUT2D eigenvalue weighted by molar-refractivity contribution is 7.16. The average Bonchev–Trinajstić information content (AvgIpc) is 3.05. The molecule has 22 heavy (non-hydrogen) atoms. The lowest BCUT2D eigenvalue weighted by Crippen LogP contribution is -2.13. The number of aryl methyl sites for hydroxylation is 2. The van der Waals surface area contributed by atoms with Crippen molar-refractivity contribution in [2.24, 2.45) is 12.0 Å². The molecule has 2 heterocycles. The standard InChI is InChI=1S/C15H15N3O3S/c1-4-20-11-6-5-7-12-13(11)18(3)15(22-12)16-14(19)10-8-9(2)21-17-10/h5-8H,4H2,1-3H3. The van der Waals surface area contributed by atoms with Gasteiger partial charge in [-0.1, -0.05) is 22.6 Å². The molecule has 0 radical (unpaired) electrons. The second-order valence-electron chi connectivity index (χ2n) is 4.72. The van der Waals surface area contributed by atoms with E-state index < -0.39 is 5.91 Å². The maximum absolute atomic E-state index is 12.1. The van der Waals surface area contributed by atoms with Crippen LogP contribution in [-0.4, -0.2) is 22.2 Å². The summed E-state index contributed by atoms with van der Waals surface area (Å²) in [4.78, 5) is 16.9. The molecule has 0 saturated heterocycles. The molecule has 0 atom stereocenters. The zero-order valence-corrected chi connectivity index (χ0v) is 13.3. The molecule has 0 aliphatic rings. The Morgan fingerprint density at radius 1 is 1.50 bits per heavy atom. The van der Waals surface area contributed by atoms with Crippen molar-refractivity contribution in [3.05, 3.63) is 40.5 Å². The number of rotatable bonds is 3. The van der Waals surface area contributed by atoms with Gasteiger partial charge in [-0.15, -0.1) is 0 Å². The number of hydrogen-bond acceptors (Lipinski definition) is 5. The molecule has 0 aliphatic heterocycles. The van der Waals surface area contributed by atoms with Crippen LogP contribution in [0.3, 0.4) is 0 Å². The van der Waals surface area contributed by atoms with Gasteiger partial charge in [0.1, 0.15) is 17.0 Å². The summed E-state index contributed by atoms with van der Waals surface area (Å²) in [5.74, 6) is 0.944. The van der Waals surface area contributed by atoms with Gasteiger partial charge in [-0.25, -0.2) is 0 Å². The van der Waals surface area contributed by atoms with Crippen LogP contribution < -0.4 is 9.54 Å². The van der Waals surface area contributed by atoms with E-state index in [1.807, 2.05) is 36.7 Å². The summed E-state index contributed by atoms with van der Waals surface area (Å²) in [6, 6.07) is 7.39. The molecular weight excluding hydrogens is 302 g/mol. The van der Waals surface area contributed by atoms with Crippen molar-refractivity contribution in [2.75, 3.05) is 6.61 Å². The zero-order chi connectivity index (χ0) is 15.7. The number of thiazole rings is 1. The lowest BCUT2D eigenvalue weighted by molar-refractivity contribution is 0.0989. The first-order chi connectivity index (χ1) is 10.6. The molecule has 0 unspecified atom stereocenters. The molecule has 0 spiro atoms. The third-order valence-electron chi connectivity index (χ3n) is 3.13. The average molecular weight is 317 g/mol. The first-order valence-electron chi connectivity index (χ1n) is 6.84. The molecule has 3 rings (SSSR count). The summed E-state index contributed by atoms with van der Waals surface area (Å²) < 4.78 is 13.4. The van der Waals surface area contributed by atoms with Crippen LogP contribution in [0.4, 0.5) is 0 Å². The molecular formula is C15H15N3O3S. The lowest BCUT2D eigenvalue weighted by atomic mass is 10.3. The number of aromatic nitrogens is 2. The molecule has 114 valence electrons. The number of carbonyl (C=O) groups is 1. The van der Waals surface area contributed by atoms with Crippen molar-refractivity contribution in [2.45, 2.75) is 13.8 Å². The minimum Gasteiger partial charge on any atom is -0.492 e. The highest BCUT2D eigenvalue weighted by Gasteiger charge is 2.13. The maximum Gasteiger partial charge on any atom is 0.301 e. The van der Waals surface area contributed by atoms with Crippen LogP contribution in [0.25, 0.3) is 10.2 Å². The molecule has 0 aliphatic carbocycles. The van der Waals surface area contributed by atoms with Crippen LogP contribution in [0.1, 0.15) is 23.2 Å². The Kier molecular flexibility index (Phi) is 3.81. The Bertz CT molecular complexity index is 904. The molecule has 6 nitrogen and oxygen atoms in total. The zero-order valence-electron chi connectivity index (χ0n) is 12.5. The van der Waals surface area contributed by atoms with Gasteiger partial charge in [-0.2, -0.15) is 4.99 Å². The van der Waals surface area contributed by atoms with Gasteiger partial charge >= 0.3 is 5.91 Å². The number of carbonyl (C=O) groups excluding carboxylic acids is 1. The van der Waals surface area contributed by atoms with E-state index in [1.165, 1.54) is 11.3 Å². The second-order valence-corrected chi connectivity index (χ2v) is 5.73. The summed E-state index contributed by atoms with van der Waals surface area (Å²) in [6.45, 7) is 4.25. The van der Waals surface area contributed by atoms with Crippen LogP contribution in [0, 0.1) is 6.92 Å². The van der Waals surface area contributed by atoms with Crippen LogP contribution >= 0.6 is 11.3 Å². The molecule has 3 aromatic rings. The summed E-state index contributed by atoms with van der Waals surface area (Å²) in [5, 5.41) is 3.69. The molecule has 0 fully saturated rings. The third-order valence-corrected chi connectivity index (χ3v) is 4.23. The number of hydrogen-bond donors (Lipinski definition) is 0. The predicted molar refractivity (Wildman–Crippen MR) is 83.1 cm³/mol. The Morgan fingerprint density at radius 3 is 3.00 bits per heavy atom. The fourth-order valence-electron chi connectivity index (χ4n) is 2.16. The fraction of sp³-hybridized carbons (Fsp3) is 0.267. The molecule has 0 bridgehead atoms. The summed E-state index contributed by atoms with van der Waals surface area (Å²) in [6.07, 6.45) is 0. The van der Waals surface area contributed by atoms with Crippen molar-refractivity contribution < 1.29 is 14.1 Å². The molecule has 1 amide bonds.